The van der Waals surface area contributed by atoms with Gasteiger partial charge in [-0.2, -0.15) is 8.42 Å². The summed E-state index contributed by atoms with van der Waals surface area (Å²) in [7, 11) is -3.87. The first-order chi connectivity index (χ1) is 9.53. The van der Waals surface area contributed by atoms with E-state index in [1.807, 2.05) is 0 Å². The molecule has 2 N–H and O–H groups in total. The van der Waals surface area contributed by atoms with Crippen LogP contribution in [0.5, 0.6) is 5.75 Å². The maximum atomic E-state index is 12.1. The van der Waals surface area contributed by atoms with Crippen molar-refractivity contribution in [2.24, 2.45) is 5.90 Å². The molecule has 2 aromatic carbocycles. The summed E-state index contributed by atoms with van der Waals surface area (Å²) in [5.74, 6) is 5.18. The fourth-order valence-electron chi connectivity index (χ4n) is 1.55. The van der Waals surface area contributed by atoms with E-state index in [0.29, 0.717) is 10.0 Å². The van der Waals surface area contributed by atoms with Crippen molar-refractivity contribution in [3.63, 3.8) is 0 Å². The van der Waals surface area contributed by atoms with Crippen molar-refractivity contribution >= 4 is 26.0 Å². The van der Waals surface area contributed by atoms with Gasteiger partial charge in [0.25, 0.3) is 0 Å². The van der Waals surface area contributed by atoms with E-state index in [-0.39, 0.29) is 17.3 Å². The number of nitrogens with two attached hydrogens (primary N) is 1. The van der Waals surface area contributed by atoms with E-state index in [1.165, 1.54) is 12.1 Å². The van der Waals surface area contributed by atoms with Crippen LogP contribution in [-0.2, 0) is 21.6 Å². The molecular formula is C13H12BrNO4S. The predicted octanol–water partition coefficient (Wildman–Crippen LogP) is 2.61. The fraction of sp³-hybridized carbons (Fsp3) is 0.0769. The lowest BCUT2D eigenvalue weighted by molar-refractivity contribution is 0.124. The Labute approximate surface area is 125 Å². The number of hydrogen-bond donors (Lipinski definition) is 1. The third-order valence-electron chi connectivity index (χ3n) is 2.48. The SMILES string of the molecule is NOCc1ccc(Br)c(OS(=O)(=O)c2ccccc2)c1. The Hall–Kier alpha value is -1.41. The normalized spacial score (nSPS) is 11.3. The van der Waals surface area contributed by atoms with E-state index >= 15 is 0 Å². The molecular weight excluding hydrogens is 346 g/mol. The Morgan fingerprint density at radius 1 is 1.10 bits per heavy atom. The maximum absolute atomic E-state index is 12.1. The molecule has 0 spiro atoms. The third kappa shape index (κ3) is 3.57. The standard InChI is InChI=1S/C13H12BrNO4S/c14-12-7-6-10(9-18-15)8-13(12)19-20(16,17)11-4-2-1-3-5-11/h1-8H,9,15H2. The summed E-state index contributed by atoms with van der Waals surface area (Å²) in [6, 6.07) is 12.9. The molecule has 2 aromatic rings. The minimum atomic E-state index is -3.87. The molecule has 20 heavy (non-hydrogen) atoms. The average molecular weight is 358 g/mol. The van der Waals surface area contributed by atoms with E-state index in [2.05, 4.69) is 20.8 Å². The van der Waals surface area contributed by atoms with Crippen molar-refractivity contribution in [1.29, 1.82) is 0 Å². The predicted molar refractivity (Wildman–Crippen MR) is 77.4 cm³/mol. The summed E-state index contributed by atoms with van der Waals surface area (Å²) in [6.45, 7) is 0.162. The quantitative estimate of drug-likeness (QED) is 0.657. The van der Waals surface area contributed by atoms with Crippen LogP contribution in [-0.4, -0.2) is 8.42 Å². The Balaban J connectivity index is 2.32. The summed E-state index contributed by atoms with van der Waals surface area (Å²) in [6.07, 6.45) is 0. The topological polar surface area (TPSA) is 78.6 Å². The molecule has 0 aromatic heterocycles. The number of rotatable bonds is 5. The lowest BCUT2D eigenvalue weighted by atomic mass is 10.2. The largest absolute Gasteiger partial charge is 0.378 e. The van der Waals surface area contributed by atoms with Crippen molar-refractivity contribution in [2.45, 2.75) is 11.5 Å². The smallest absolute Gasteiger partial charge is 0.339 e. The van der Waals surface area contributed by atoms with Gasteiger partial charge in [0.1, 0.15) is 4.90 Å². The highest BCUT2D eigenvalue weighted by atomic mass is 79.9. The first kappa shape index (κ1) is 15.0. The van der Waals surface area contributed by atoms with Crippen LogP contribution < -0.4 is 10.1 Å². The maximum Gasteiger partial charge on any atom is 0.339 e. The molecule has 0 unspecified atom stereocenters. The monoisotopic (exact) mass is 357 g/mol. The van der Waals surface area contributed by atoms with Gasteiger partial charge in [0.15, 0.2) is 5.75 Å². The zero-order valence-corrected chi connectivity index (χ0v) is 12.7. The molecule has 0 aliphatic rings. The van der Waals surface area contributed by atoms with Gasteiger partial charge in [-0.25, -0.2) is 5.90 Å². The summed E-state index contributed by atoms with van der Waals surface area (Å²) >= 11 is 3.25. The fourth-order valence-corrected chi connectivity index (χ4v) is 2.95. The van der Waals surface area contributed by atoms with E-state index in [9.17, 15) is 8.42 Å². The van der Waals surface area contributed by atoms with Gasteiger partial charge in [-0.3, -0.25) is 4.84 Å². The van der Waals surface area contributed by atoms with Crippen LogP contribution in [0.3, 0.4) is 0 Å². The Morgan fingerprint density at radius 2 is 1.80 bits per heavy atom. The van der Waals surface area contributed by atoms with Crippen LogP contribution in [0.1, 0.15) is 5.56 Å². The van der Waals surface area contributed by atoms with Crippen molar-refractivity contribution in [3.8, 4) is 5.75 Å². The first-order valence-electron chi connectivity index (χ1n) is 5.62. The molecule has 7 heteroatoms. The molecule has 0 heterocycles. The molecule has 0 saturated carbocycles. The highest BCUT2D eigenvalue weighted by Crippen LogP contribution is 2.29. The molecule has 5 nitrogen and oxygen atoms in total. The van der Waals surface area contributed by atoms with E-state index < -0.39 is 10.1 Å². The summed E-state index contributed by atoms with van der Waals surface area (Å²) in [4.78, 5) is 4.61. The summed E-state index contributed by atoms with van der Waals surface area (Å²) < 4.78 is 29.9. The van der Waals surface area contributed by atoms with Crippen LogP contribution >= 0.6 is 15.9 Å². The van der Waals surface area contributed by atoms with Crippen LogP contribution in [0, 0.1) is 0 Å². The minimum absolute atomic E-state index is 0.0902. The zero-order chi connectivity index (χ0) is 14.6. The van der Waals surface area contributed by atoms with Gasteiger partial charge in [0.05, 0.1) is 11.1 Å². The van der Waals surface area contributed by atoms with Gasteiger partial charge in [-0.1, -0.05) is 24.3 Å². The van der Waals surface area contributed by atoms with Gasteiger partial charge in [-0.05, 0) is 45.8 Å². The lowest BCUT2D eigenvalue weighted by Crippen LogP contribution is -2.10. The van der Waals surface area contributed by atoms with Crippen LogP contribution in [0.2, 0.25) is 0 Å². The third-order valence-corrected chi connectivity index (χ3v) is 4.38. The Bertz CT molecular complexity index is 689. The van der Waals surface area contributed by atoms with Crippen molar-refractivity contribution in [1.82, 2.24) is 0 Å². The molecule has 0 bridgehead atoms. The van der Waals surface area contributed by atoms with E-state index in [0.717, 1.165) is 0 Å². The number of hydrogen-bond acceptors (Lipinski definition) is 5. The molecule has 0 radical (unpaired) electrons. The molecule has 2 rings (SSSR count). The molecule has 0 aliphatic carbocycles. The second-order valence-electron chi connectivity index (χ2n) is 3.93. The Morgan fingerprint density at radius 3 is 2.45 bits per heavy atom. The molecule has 106 valence electrons. The van der Waals surface area contributed by atoms with E-state index in [1.54, 1.807) is 36.4 Å². The van der Waals surface area contributed by atoms with E-state index in [4.69, 9.17) is 10.1 Å². The van der Waals surface area contributed by atoms with Crippen molar-refractivity contribution in [2.75, 3.05) is 0 Å². The molecule has 0 saturated heterocycles. The van der Waals surface area contributed by atoms with Gasteiger partial charge < -0.3 is 4.18 Å². The van der Waals surface area contributed by atoms with Gasteiger partial charge in [0, 0.05) is 0 Å². The van der Waals surface area contributed by atoms with Crippen LogP contribution in [0.4, 0.5) is 0 Å². The van der Waals surface area contributed by atoms with Gasteiger partial charge in [0.2, 0.25) is 0 Å². The average Bonchev–Trinajstić information content (AvgIpc) is 2.44. The molecule has 0 fully saturated rings. The van der Waals surface area contributed by atoms with Gasteiger partial charge >= 0.3 is 10.1 Å². The molecule has 0 amide bonds. The second-order valence-corrected chi connectivity index (χ2v) is 6.33. The summed E-state index contributed by atoms with van der Waals surface area (Å²) in [5, 5.41) is 0. The van der Waals surface area contributed by atoms with Crippen molar-refractivity contribution in [3.05, 3.63) is 58.6 Å². The minimum Gasteiger partial charge on any atom is -0.378 e. The second kappa shape index (κ2) is 6.36. The zero-order valence-electron chi connectivity index (χ0n) is 10.3. The van der Waals surface area contributed by atoms with Crippen LogP contribution in [0.15, 0.2) is 57.9 Å². The van der Waals surface area contributed by atoms with Crippen molar-refractivity contribution < 1.29 is 17.4 Å². The molecule has 0 aliphatic heterocycles. The Kier molecular flexibility index (Phi) is 4.77. The summed E-state index contributed by atoms with van der Waals surface area (Å²) in [5.41, 5.74) is 0.703. The highest BCUT2D eigenvalue weighted by Gasteiger charge is 2.17. The van der Waals surface area contributed by atoms with Crippen LogP contribution in [0.25, 0.3) is 0 Å². The highest BCUT2D eigenvalue weighted by molar-refractivity contribution is 9.10. The van der Waals surface area contributed by atoms with Gasteiger partial charge in [-0.15, -0.1) is 0 Å². The lowest BCUT2D eigenvalue weighted by Gasteiger charge is -2.10. The first-order valence-corrected chi connectivity index (χ1v) is 7.83. The molecule has 0 atom stereocenters. The number of benzene rings is 2. The number of halogens is 1.